The molecule has 1 saturated heterocycles. The van der Waals surface area contributed by atoms with E-state index in [-0.39, 0.29) is 16.6 Å². The van der Waals surface area contributed by atoms with Crippen LogP contribution in [0.2, 0.25) is 0 Å². The van der Waals surface area contributed by atoms with Crippen LogP contribution in [0.15, 0.2) is 28.3 Å². The van der Waals surface area contributed by atoms with Gasteiger partial charge in [-0.05, 0) is 38.0 Å². The van der Waals surface area contributed by atoms with Gasteiger partial charge in [0.2, 0.25) is 15.9 Å². The second-order valence-electron chi connectivity index (χ2n) is 8.40. The predicted molar refractivity (Wildman–Crippen MR) is 125 cm³/mol. The van der Waals surface area contributed by atoms with E-state index in [1.165, 1.54) is 16.1 Å². The number of imidazole rings is 1. The van der Waals surface area contributed by atoms with Crippen LogP contribution in [0.3, 0.4) is 0 Å². The predicted octanol–water partition coefficient (Wildman–Crippen LogP) is 2.51. The summed E-state index contributed by atoms with van der Waals surface area (Å²) in [5.41, 5.74) is 0.640. The lowest BCUT2D eigenvalue weighted by Gasteiger charge is -2.31. The molecule has 178 valence electrons. The van der Waals surface area contributed by atoms with Gasteiger partial charge in [0.1, 0.15) is 5.54 Å². The van der Waals surface area contributed by atoms with E-state index in [0.29, 0.717) is 56.4 Å². The van der Waals surface area contributed by atoms with Gasteiger partial charge in [-0.3, -0.25) is 4.79 Å². The van der Waals surface area contributed by atoms with Crippen LogP contribution < -0.4 is 5.32 Å². The third kappa shape index (κ3) is 5.04. The highest BCUT2D eigenvalue weighted by Gasteiger charge is 2.33. The highest BCUT2D eigenvalue weighted by atomic mass is 32.2. The van der Waals surface area contributed by atoms with Crippen molar-refractivity contribution in [2.24, 2.45) is 0 Å². The monoisotopic (exact) mass is 491 g/mol. The van der Waals surface area contributed by atoms with E-state index in [1.807, 2.05) is 11.5 Å². The molecule has 4 rings (SSSR count). The molecule has 33 heavy (non-hydrogen) atoms. The topological polar surface area (TPSA) is 117 Å². The van der Waals surface area contributed by atoms with E-state index in [0.717, 1.165) is 24.8 Å². The molecule has 0 spiro atoms. The highest BCUT2D eigenvalue weighted by molar-refractivity contribution is 7.99. The Labute approximate surface area is 198 Å². The first kappa shape index (κ1) is 24.0. The fraction of sp³-hybridized carbons (Fsp3) is 0.591. The summed E-state index contributed by atoms with van der Waals surface area (Å²) in [4.78, 5) is 17.4. The van der Waals surface area contributed by atoms with Gasteiger partial charge in [-0.2, -0.15) is 9.57 Å². The van der Waals surface area contributed by atoms with Crippen LogP contribution in [0.4, 0.5) is 0 Å². The number of fused-ring (bicyclic) bond motifs is 1. The molecule has 1 aliphatic heterocycles. The number of morpholine rings is 1. The Bertz CT molecular complexity index is 1160. The number of thioether (sulfide) groups is 1. The minimum absolute atomic E-state index is 0.145. The zero-order valence-electron chi connectivity index (χ0n) is 18.7. The smallest absolute Gasteiger partial charge is 0.243 e. The van der Waals surface area contributed by atoms with Gasteiger partial charge in [0.15, 0.2) is 5.16 Å². The van der Waals surface area contributed by atoms with Crippen LogP contribution in [0, 0.1) is 11.3 Å². The molecule has 9 nitrogen and oxygen atoms in total. The van der Waals surface area contributed by atoms with Gasteiger partial charge >= 0.3 is 0 Å². The minimum Gasteiger partial charge on any atom is -0.379 e. The molecule has 2 heterocycles. The summed E-state index contributed by atoms with van der Waals surface area (Å²) in [5, 5.41) is 13.2. The number of aryl methyl sites for hydroxylation is 1. The van der Waals surface area contributed by atoms with E-state index >= 15 is 0 Å². The number of nitriles is 1. The van der Waals surface area contributed by atoms with E-state index in [4.69, 9.17) is 4.74 Å². The number of rotatable bonds is 7. The number of benzene rings is 1. The van der Waals surface area contributed by atoms with Crippen LogP contribution in [0.25, 0.3) is 11.0 Å². The quantitative estimate of drug-likeness (QED) is 0.591. The Hall–Kier alpha value is -2.13. The summed E-state index contributed by atoms with van der Waals surface area (Å²) in [6.07, 6.45) is 4.37. The zero-order valence-corrected chi connectivity index (χ0v) is 20.4. The van der Waals surface area contributed by atoms with Gasteiger partial charge in [-0.25, -0.2) is 13.4 Å². The molecule has 2 aromatic rings. The zero-order chi connectivity index (χ0) is 23.5. The molecule has 1 aromatic carbocycles. The molecule has 0 unspecified atom stereocenters. The molecule has 0 radical (unpaired) electrons. The number of nitrogens with one attached hydrogen (secondary N) is 1. The lowest BCUT2D eigenvalue weighted by atomic mass is 9.83. The molecule has 1 N–H and O–H groups in total. The number of hydrogen-bond donors (Lipinski definition) is 1. The lowest BCUT2D eigenvalue weighted by Crippen LogP contribution is -2.49. The molecule has 1 amide bonds. The summed E-state index contributed by atoms with van der Waals surface area (Å²) in [6.45, 7) is 4.08. The van der Waals surface area contributed by atoms with Crippen molar-refractivity contribution in [3.63, 3.8) is 0 Å². The average molecular weight is 492 g/mol. The summed E-state index contributed by atoms with van der Waals surface area (Å²) >= 11 is 1.30. The summed E-state index contributed by atoms with van der Waals surface area (Å²) in [5.74, 6) is -0.0418. The first-order valence-electron chi connectivity index (χ1n) is 11.3. The van der Waals surface area contributed by atoms with Gasteiger partial charge in [0, 0.05) is 19.6 Å². The van der Waals surface area contributed by atoms with Gasteiger partial charge in [0.25, 0.3) is 0 Å². The number of carbonyl (C=O) groups is 1. The maximum Gasteiger partial charge on any atom is 0.243 e. The second kappa shape index (κ2) is 10.0. The van der Waals surface area contributed by atoms with Gasteiger partial charge in [-0.15, -0.1) is 0 Å². The van der Waals surface area contributed by atoms with Crippen LogP contribution in [-0.2, 0) is 26.1 Å². The number of ether oxygens (including phenoxy) is 1. The van der Waals surface area contributed by atoms with Crippen molar-refractivity contribution < 1.29 is 17.9 Å². The third-order valence-electron chi connectivity index (χ3n) is 6.24. The molecule has 1 aromatic heterocycles. The van der Waals surface area contributed by atoms with Gasteiger partial charge in [-0.1, -0.05) is 31.0 Å². The van der Waals surface area contributed by atoms with Crippen molar-refractivity contribution in [3.8, 4) is 6.07 Å². The van der Waals surface area contributed by atoms with Crippen molar-refractivity contribution in [2.75, 3.05) is 32.1 Å². The number of sulfonamides is 1. The summed E-state index contributed by atoms with van der Waals surface area (Å²) in [7, 11) is -3.61. The standard InChI is InChI=1S/C22H29N5O4S2/c1-2-27-19-7-6-17(33(29,30)26-10-12-31-13-11-26)14-18(19)24-21(27)32-15-20(28)25-22(16-23)8-4-3-5-9-22/h6-7,14H,2-5,8-13,15H2,1H3,(H,25,28). The van der Waals surface area contributed by atoms with Crippen molar-refractivity contribution in [1.29, 1.82) is 5.26 Å². The Morgan fingerprint density at radius 1 is 1.27 bits per heavy atom. The molecule has 11 heteroatoms. The lowest BCUT2D eigenvalue weighted by molar-refractivity contribution is -0.120. The molecule has 1 saturated carbocycles. The SMILES string of the molecule is CCn1c(SCC(=O)NC2(C#N)CCCCC2)nc2cc(S(=O)(=O)N3CCOCC3)ccc21. The van der Waals surface area contributed by atoms with Crippen molar-refractivity contribution in [1.82, 2.24) is 19.2 Å². The molecule has 2 aliphatic rings. The molecular formula is C22H29N5O4S2. The van der Waals surface area contributed by atoms with E-state index in [2.05, 4.69) is 16.4 Å². The van der Waals surface area contributed by atoms with E-state index in [9.17, 15) is 18.5 Å². The number of aromatic nitrogens is 2. The third-order valence-corrected chi connectivity index (χ3v) is 9.11. The molecule has 0 bridgehead atoms. The van der Waals surface area contributed by atoms with Crippen molar-refractivity contribution >= 4 is 38.7 Å². The average Bonchev–Trinajstić information content (AvgIpc) is 3.20. The summed E-state index contributed by atoms with van der Waals surface area (Å²) in [6, 6.07) is 7.29. The van der Waals surface area contributed by atoms with Crippen molar-refractivity contribution in [2.45, 2.75) is 61.2 Å². The Balaban J connectivity index is 1.51. The fourth-order valence-electron chi connectivity index (χ4n) is 4.45. The summed E-state index contributed by atoms with van der Waals surface area (Å²) < 4.78 is 34.7. The maximum absolute atomic E-state index is 13.0. The Morgan fingerprint density at radius 2 is 2.00 bits per heavy atom. The van der Waals surface area contributed by atoms with E-state index < -0.39 is 15.6 Å². The van der Waals surface area contributed by atoms with Gasteiger partial charge < -0.3 is 14.6 Å². The van der Waals surface area contributed by atoms with Crippen LogP contribution >= 0.6 is 11.8 Å². The first-order valence-corrected chi connectivity index (χ1v) is 13.7. The van der Waals surface area contributed by atoms with Crippen LogP contribution in [0.1, 0.15) is 39.0 Å². The number of amides is 1. The largest absolute Gasteiger partial charge is 0.379 e. The fourth-order valence-corrected chi connectivity index (χ4v) is 6.76. The van der Waals surface area contributed by atoms with Crippen LogP contribution in [-0.4, -0.2) is 65.8 Å². The Kier molecular flexibility index (Phi) is 7.28. The minimum atomic E-state index is -3.61. The second-order valence-corrected chi connectivity index (χ2v) is 11.3. The van der Waals surface area contributed by atoms with E-state index in [1.54, 1.807) is 18.2 Å². The molecular weight excluding hydrogens is 462 g/mol. The maximum atomic E-state index is 13.0. The molecule has 2 fully saturated rings. The number of hydrogen-bond acceptors (Lipinski definition) is 7. The Morgan fingerprint density at radius 3 is 2.67 bits per heavy atom. The number of nitrogens with zero attached hydrogens (tertiary/aromatic N) is 4. The molecule has 0 atom stereocenters. The highest BCUT2D eigenvalue weighted by Crippen LogP contribution is 2.29. The number of carbonyl (C=O) groups excluding carboxylic acids is 1. The molecule has 1 aliphatic carbocycles. The first-order chi connectivity index (χ1) is 15.9. The van der Waals surface area contributed by atoms with Gasteiger partial charge in [0.05, 0.1) is 41.0 Å². The van der Waals surface area contributed by atoms with Crippen molar-refractivity contribution in [3.05, 3.63) is 18.2 Å². The van der Waals surface area contributed by atoms with Crippen LogP contribution in [0.5, 0.6) is 0 Å². The normalized spacial score (nSPS) is 19.3.